The predicted molar refractivity (Wildman–Crippen MR) is 91.3 cm³/mol. The highest BCUT2D eigenvalue weighted by atomic mass is 32.2. The number of hydrogen-bond acceptors (Lipinski definition) is 5. The molecule has 6 heteroatoms. The maximum Gasteiger partial charge on any atom is 0.266 e. The summed E-state index contributed by atoms with van der Waals surface area (Å²) in [5.74, 6) is -0.517. The Morgan fingerprint density at radius 2 is 1.42 bits per heavy atom. The average Bonchev–Trinajstić information content (AvgIpc) is 2.63. The van der Waals surface area contributed by atoms with Crippen molar-refractivity contribution in [1.29, 1.82) is 0 Å². The summed E-state index contributed by atoms with van der Waals surface area (Å²) in [4.78, 5) is 41.1. The van der Waals surface area contributed by atoms with Crippen molar-refractivity contribution in [2.75, 3.05) is 0 Å². The first-order chi connectivity index (χ1) is 11.7. The predicted octanol–water partition coefficient (Wildman–Crippen LogP) is 2.86. The second kappa shape index (κ2) is 7.06. The van der Waals surface area contributed by atoms with E-state index < -0.39 is 11.5 Å². The Morgan fingerprint density at radius 3 is 2.04 bits per heavy atom. The maximum absolute atomic E-state index is 12.6. The number of aromatic nitrogens is 2. The summed E-state index contributed by atoms with van der Waals surface area (Å²) in [6.45, 7) is 0. The third kappa shape index (κ3) is 3.33. The minimum atomic E-state index is -0.526. The molecule has 2 aromatic carbocycles. The van der Waals surface area contributed by atoms with Crippen LogP contribution < -0.4 is 5.56 Å². The second-order valence-corrected chi connectivity index (χ2v) is 5.77. The van der Waals surface area contributed by atoms with Crippen molar-refractivity contribution in [3.8, 4) is 0 Å². The lowest BCUT2D eigenvalue weighted by Crippen LogP contribution is -2.29. The van der Waals surface area contributed by atoms with Gasteiger partial charge in [0.15, 0.2) is 5.16 Å². The van der Waals surface area contributed by atoms with Crippen LogP contribution in [0.25, 0.3) is 0 Å². The van der Waals surface area contributed by atoms with Gasteiger partial charge in [-0.15, -0.1) is 0 Å². The van der Waals surface area contributed by atoms with Gasteiger partial charge in [-0.1, -0.05) is 48.5 Å². The van der Waals surface area contributed by atoms with Crippen molar-refractivity contribution in [2.24, 2.45) is 0 Å². The van der Waals surface area contributed by atoms with E-state index in [1.807, 2.05) is 0 Å². The van der Waals surface area contributed by atoms with E-state index in [9.17, 15) is 14.4 Å². The first-order valence-electron chi connectivity index (χ1n) is 7.12. The number of thioether (sulfide) groups is 1. The maximum atomic E-state index is 12.6. The largest absolute Gasteiger partial charge is 0.281 e. The lowest BCUT2D eigenvalue weighted by molar-refractivity contribution is 0.0943. The van der Waals surface area contributed by atoms with Gasteiger partial charge in [0, 0.05) is 23.4 Å². The topological polar surface area (TPSA) is 69.0 Å². The molecule has 0 N–H and O–H groups in total. The van der Waals surface area contributed by atoms with Crippen LogP contribution in [0.1, 0.15) is 20.7 Å². The van der Waals surface area contributed by atoms with E-state index in [0.717, 1.165) is 16.3 Å². The molecule has 1 heterocycles. The molecule has 118 valence electrons. The smallest absolute Gasteiger partial charge is 0.266 e. The Bertz CT molecular complexity index is 937. The van der Waals surface area contributed by atoms with E-state index in [4.69, 9.17) is 0 Å². The minimum absolute atomic E-state index is 0.0465. The van der Waals surface area contributed by atoms with Gasteiger partial charge in [-0.05, 0) is 23.9 Å². The Labute approximate surface area is 142 Å². The molecule has 0 saturated heterocycles. The van der Waals surface area contributed by atoms with Crippen LogP contribution in [-0.2, 0) is 0 Å². The van der Waals surface area contributed by atoms with Crippen molar-refractivity contribution in [2.45, 2.75) is 5.16 Å². The standard InChI is InChI=1S/C18H12N2O3S/c21-15-11-12-19-18(24-17(23)14-9-5-2-6-10-14)20(15)16(22)13-7-3-1-4-8-13/h1-12H. The fourth-order valence-corrected chi connectivity index (χ4v) is 2.87. The van der Waals surface area contributed by atoms with Crippen LogP contribution >= 0.6 is 11.8 Å². The van der Waals surface area contributed by atoms with E-state index in [1.165, 1.54) is 12.3 Å². The lowest BCUT2D eigenvalue weighted by atomic mass is 10.2. The molecule has 0 aliphatic heterocycles. The molecule has 0 atom stereocenters. The van der Waals surface area contributed by atoms with Gasteiger partial charge in [0.25, 0.3) is 11.5 Å². The number of rotatable bonds is 3. The molecule has 0 radical (unpaired) electrons. The molecular formula is C18H12N2O3S. The second-order valence-electron chi connectivity index (χ2n) is 4.83. The van der Waals surface area contributed by atoms with Crippen molar-refractivity contribution in [1.82, 2.24) is 9.55 Å². The summed E-state index contributed by atoms with van der Waals surface area (Å²) >= 11 is 0.753. The Kier molecular flexibility index (Phi) is 4.67. The molecule has 0 amide bonds. The van der Waals surface area contributed by atoms with E-state index >= 15 is 0 Å². The van der Waals surface area contributed by atoms with E-state index in [2.05, 4.69) is 4.98 Å². The van der Waals surface area contributed by atoms with Crippen LogP contribution in [0.5, 0.6) is 0 Å². The molecule has 0 bridgehead atoms. The zero-order chi connectivity index (χ0) is 16.9. The van der Waals surface area contributed by atoms with Gasteiger partial charge in [0.1, 0.15) is 0 Å². The summed E-state index contributed by atoms with van der Waals surface area (Å²) in [7, 11) is 0. The summed E-state index contributed by atoms with van der Waals surface area (Å²) in [6.07, 6.45) is 1.29. The van der Waals surface area contributed by atoms with Gasteiger partial charge in [-0.3, -0.25) is 14.4 Å². The Hall–Kier alpha value is -2.99. The third-order valence-corrected chi connectivity index (χ3v) is 4.12. The van der Waals surface area contributed by atoms with Crippen LogP contribution in [0, 0.1) is 0 Å². The van der Waals surface area contributed by atoms with E-state index in [-0.39, 0.29) is 10.3 Å². The molecule has 0 fully saturated rings. The van der Waals surface area contributed by atoms with Gasteiger partial charge in [-0.25, -0.2) is 9.55 Å². The van der Waals surface area contributed by atoms with Gasteiger partial charge < -0.3 is 0 Å². The fraction of sp³-hybridized carbons (Fsp3) is 0. The number of carbonyl (C=O) groups is 2. The molecule has 0 saturated carbocycles. The first-order valence-corrected chi connectivity index (χ1v) is 7.93. The van der Waals surface area contributed by atoms with Crippen LogP contribution in [-0.4, -0.2) is 20.6 Å². The molecule has 0 aliphatic carbocycles. The molecule has 5 nitrogen and oxygen atoms in total. The zero-order valence-corrected chi connectivity index (χ0v) is 13.3. The molecule has 0 aliphatic rings. The fourth-order valence-electron chi connectivity index (χ4n) is 2.08. The highest BCUT2D eigenvalue weighted by Gasteiger charge is 2.18. The zero-order valence-electron chi connectivity index (χ0n) is 12.5. The molecule has 0 unspecified atom stereocenters. The van der Waals surface area contributed by atoms with Crippen molar-refractivity contribution >= 4 is 22.8 Å². The number of carbonyl (C=O) groups excluding carboxylic acids is 2. The normalized spacial score (nSPS) is 10.3. The SMILES string of the molecule is O=C(Sc1nccc(=O)n1C(=O)c1ccccc1)c1ccccc1. The highest BCUT2D eigenvalue weighted by Crippen LogP contribution is 2.20. The van der Waals surface area contributed by atoms with Crippen LogP contribution in [0.15, 0.2) is 82.9 Å². The molecule has 1 aromatic heterocycles. The summed E-state index contributed by atoms with van der Waals surface area (Å²) in [5.41, 5.74) is 0.295. The van der Waals surface area contributed by atoms with Gasteiger partial charge >= 0.3 is 0 Å². The van der Waals surface area contributed by atoms with Crippen molar-refractivity contribution in [3.05, 3.63) is 94.4 Å². The summed E-state index contributed by atoms with van der Waals surface area (Å²) in [5, 5.41) is -0.242. The highest BCUT2D eigenvalue weighted by molar-refractivity contribution is 8.14. The number of benzene rings is 2. The van der Waals surface area contributed by atoms with Crippen LogP contribution in [0.4, 0.5) is 0 Å². The third-order valence-electron chi connectivity index (χ3n) is 3.23. The Balaban J connectivity index is 1.98. The average molecular weight is 336 g/mol. The molecule has 3 rings (SSSR count). The minimum Gasteiger partial charge on any atom is -0.281 e. The molecular weight excluding hydrogens is 324 g/mol. The first kappa shape index (κ1) is 15.9. The molecule has 0 spiro atoms. The summed E-state index contributed by atoms with van der Waals surface area (Å²) < 4.78 is 0.918. The Morgan fingerprint density at radius 1 is 0.833 bits per heavy atom. The molecule has 24 heavy (non-hydrogen) atoms. The van der Waals surface area contributed by atoms with E-state index in [0.29, 0.717) is 11.1 Å². The lowest BCUT2D eigenvalue weighted by Gasteiger charge is -2.09. The quantitative estimate of drug-likeness (QED) is 0.543. The monoisotopic (exact) mass is 336 g/mol. The summed E-state index contributed by atoms with van der Waals surface area (Å²) in [6, 6.07) is 18.2. The molecule has 3 aromatic rings. The van der Waals surface area contributed by atoms with Crippen LogP contribution in [0.3, 0.4) is 0 Å². The van der Waals surface area contributed by atoms with E-state index in [1.54, 1.807) is 60.7 Å². The van der Waals surface area contributed by atoms with Gasteiger partial charge in [0.2, 0.25) is 5.12 Å². The van der Waals surface area contributed by atoms with Crippen molar-refractivity contribution < 1.29 is 9.59 Å². The van der Waals surface area contributed by atoms with Gasteiger partial charge in [0.05, 0.1) is 0 Å². The van der Waals surface area contributed by atoms with Crippen LogP contribution in [0.2, 0.25) is 0 Å². The van der Waals surface area contributed by atoms with Gasteiger partial charge in [-0.2, -0.15) is 0 Å². The van der Waals surface area contributed by atoms with Crippen molar-refractivity contribution in [3.63, 3.8) is 0 Å². The number of nitrogens with zero attached hydrogens (tertiary/aromatic N) is 2. The number of hydrogen-bond donors (Lipinski definition) is 0.